The Kier molecular flexibility index (Phi) is 6.61. The number of nitriles is 1. The number of piperidine rings is 1. The Morgan fingerprint density at radius 2 is 2.11 bits per heavy atom. The van der Waals surface area contributed by atoms with Crippen LogP contribution < -0.4 is 16.0 Å². The fourth-order valence-corrected chi connectivity index (χ4v) is 1.83. The van der Waals surface area contributed by atoms with Gasteiger partial charge in [0.2, 0.25) is 5.91 Å². The molecule has 3 N–H and O–H groups in total. The fourth-order valence-electron chi connectivity index (χ4n) is 1.83. The summed E-state index contributed by atoms with van der Waals surface area (Å²) in [6.07, 6.45) is 3.56. The molecule has 6 nitrogen and oxygen atoms in total. The Morgan fingerprint density at radius 1 is 1.42 bits per heavy atom. The van der Waals surface area contributed by atoms with Gasteiger partial charge in [0, 0.05) is 18.7 Å². The van der Waals surface area contributed by atoms with Gasteiger partial charge in [-0.25, -0.2) is 0 Å². The van der Waals surface area contributed by atoms with Gasteiger partial charge in [-0.1, -0.05) is 6.92 Å². The van der Waals surface area contributed by atoms with E-state index in [4.69, 9.17) is 5.26 Å². The first-order chi connectivity index (χ1) is 9.19. The molecule has 0 aromatic heterocycles. The van der Waals surface area contributed by atoms with Crippen LogP contribution in [0, 0.1) is 17.2 Å². The third-order valence-corrected chi connectivity index (χ3v) is 2.97. The Hall–Kier alpha value is -1.87. The molecule has 1 rings (SSSR count). The molecule has 1 heterocycles. The Morgan fingerprint density at radius 3 is 2.68 bits per heavy atom. The quantitative estimate of drug-likeness (QED) is 0.482. The van der Waals surface area contributed by atoms with E-state index in [0.29, 0.717) is 6.54 Å². The number of hydrogen-bond acceptors (Lipinski definition) is 4. The zero-order valence-electron chi connectivity index (χ0n) is 11.2. The molecule has 104 valence electrons. The van der Waals surface area contributed by atoms with E-state index in [2.05, 4.69) is 16.0 Å². The van der Waals surface area contributed by atoms with E-state index >= 15 is 0 Å². The van der Waals surface area contributed by atoms with Gasteiger partial charge in [0.25, 0.3) is 5.91 Å². The van der Waals surface area contributed by atoms with E-state index in [1.54, 1.807) is 6.07 Å². The van der Waals surface area contributed by atoms with Gasteiger partial charge < -0.3 is 16.0 Å². The van der Waals surface area contributed by atoms with Crippen molar-refractivity contribution in [2.24, 2.45) is 5.92 Å². The van der Waals surface area contributed by atoms with Crippen molar-refractivity contribution in [1.82, 2.24) is 16.0 Å². The molecular weight excluding hydrogens is 244 g/mol. The normalized spacial score (nSPS) is 16.5. The Bertz CT molecular complexity index is 392. The van der Waals surface area contributed by atoms with Crippen molar-refractivity contribution in [3.63, 3.8) is 0 Å². The maximum absolute atomic E-state index is 11.8. The summed E-state index contributed by atoms with van der Waals surface area (Å²) in [7, 11) is 0. The van der Waals surface area contributed by atoms with Crippen molar-refractivity contribution in [3.8, 4) is 6.07 Å². The van der Waals surface area contributed by atoms with Crippen molar-refractivity contribution >= 4 is 11.8 Å². The predicted octanol–water partition coefficient (Wildman–Crippen LogP) is 0.0359. The molecule has 0 spiro atoms. The van der Waals surface area contributed by atoms with Gasteiger partial charge in [0.05, 0.1) is 0 Å². The monoisotopic (exact) mass is 264 g/mol. The van der Waals surface area contributed by atoms with E-state index in [1.807, 2.05) is 6.92 Å². The van der Waals surface area contributed by atoms with Gasteiger partial charge in [-0.05, 0) is 32.4 Å². The summed E-state index contributed by atoms with van der Waals surface area (Å²) < 4.78 is 0. The molecule has 0 aliphatic carbocycles. The van der Waals surface area contributed by atoms with Gasteiger partial charge in [0.1, 0.15) is 11.6 Å². The summed E-state index contributed by atoms with van der Waals surface area (Å²) in [6.45, 7) is 4.09. The molecule has 0 radical (unpaired) electrons. The molecule has 1 aliphatic rings. The SMILES string of the molecule is CCCNC(=O)/C(C#N)=C\NC(=O)C1CCNCC1. The van der Waals surface area contributed by atoms with Crippen molar-refractivity contribution < 1.29 is 9.59 Å². The van der Waals surface area contributed by atoms with Gasteiger partial charge in [-0.15, -0.1) is 0 Å². The van der Waals surface area contributed by atoms with Crippen LogP contribution in [0.25, 0.3) is 0 Å². The minimum atomic E-state index is -0.449. The standard InChI is InChI=1S/C13H20N4O2/c1-2-5-16-13(19)11(8-14)9-17-12(18)10-3-6-15-7-4-10/h9-10,15H,2-7H2,1H3,(H,16,19)(H,17,18)/b11-9-. The highest BCUT2D eigenvalue weighted by Gasteiger charge is 2.20. The maximum atomic E-state index is 11.8. The first-order valence-electron chi connectivity index (χ1n) is 6.58. The number of rotatable bonds is 5. The number of nitrogens with one attached hydrogen (secondary N) is 3. The van der Waals surface area contributed by atoms with Gasteiger partial charge in [-0.3, -0.25) is 9.59 Å². The summed E-state index contributed by atoms with van der Waals surface area (Å²) >= 11 is 0. The number of hydrogen-bond donors (Lipinski definition) is 3. The van der Waals surface area contributed by atoms with Crippen molar-refractivity contribution in [1.29, 1.82) is 5.26 Å². The van der Waals surface area contributed by atoms with E-state index in [9.17, 15) is 9.59 Å². The third kappa shape index (κ3) is 5.10. The molecule has 0 aromatic carbocycles. The minimum absolute atomic E-state index is 0.0452. The summed E-state index contributed by atoms with van der Waals surface area (Å²) in [6, 6.07) is 1.79. The second-order valence-corrected chi connectivity index (χ2v) is 4.46. The van der Waals surface area contributed by atoms with Crippen LogP contribution in [0.4, 0.5) is 0 Å². The molecule has 1 fully saturated rings. The summed E-state index contributed by atoms with van der Waals surface area (Å²) in [4.78, 5) is 23.4. The lowest BCUT2D eigenvalue weighted by atomic mass is 9.97. The highest BCUT2D eigenvalue weighted by Crippen LogP contribution is 2.11. The first kappa shape index (κ1) is 15.2. The van der Waals surface area contributed by atoms with E-state index in [1.165, 1.54) is 6.20 Å². The van der Waals surface area contributed by atoms with Crippen molar-refractivity contribution in [3.05, 3.63) is 11.8 Å². The second-order valence-electron chi connectivity index (χ2n) is 4.46. The highest BCUT2D eigenvalue weighted by molar-refractivity contribution is 5.97. The first-order valence-corrected chi connectivity index (χ1v) is 6.58. The molecule has 2 amide bonds. The molecule has 0 unspecified atom stereocenters. The average Bonchev–Trinajstić information content (AvgIpc) is 2.46. The molecule has 6 heteroatoms. The maximum Gasteiger partial charge on any atom is 0.263 e. The second kappa shape index (κ2) is 8.27. The number of carbonyl (C=O) groups is 2. The lowest BCUT2D eigenvalue weighted by Gasteiger charge is -2.20. The zero-order valence-corrected chi connectivity index (χ0v) is 11.2. The smallest absolute Gasteiger partial charge is 0.263 e. The molecular formula is C13H20N4O2. The molecule has 19 heavy (non-hydrogen) atoms. The van der Waals surface area contributed by atoms with Gasteiger partial charge in [-0.2, -0.15) is 5.26 Å². The predicted molar refractivity (Wildman–Crippen MR) is 70.7 cm³/mol. The van der Waals surface area contributed by atoms with Gasteiger partial charge in [0.15, 0.2) is 0 Å². The minimum Gasteiger partial charge on any atom is -0.351 e. The van der Waals surface area contributed by atoms with Crippen LogP contribution in [-0.4, -0.2) is 31.4 Å². The number of carbonyl (C=O) groups excluding carboxylic acids is 2. The Labute approximate surface area is 113 Å². The highest BCUT2D eigenvalue weighted by atomic mass is 16.2. The van der Waals surface area contributed by atoms with Crippen LogP contribution in [0.15, 0.2) is 11.8 Å². The summed E-state index contributed by atoms with van der Waals surface area (Å²) in [5.41, 5.74) is -0.0734. The van der Waals surface area contributed by atoms with Crippen LogP contribution in [0.3, 0.4) is 0 Å². The molecule has 1 saturated heterocycles. The van der Waals surface area contributed by atoms with Crippen LogP contribution >= 0.6 is 0 Å². The summed E-state index contributed by atoms with van der Waals surface area (Å²) in [5.74, 6) is -0.622. The molecule has 0 aromatic rings. The lowest BCUT2D eigenvalue weighted by molar-refractivity contribution is -0.124. The molecule has 0 saturated carbocycles. The van der Waals surface area contributed by atoms with E-state index in [-0.39, 0.29) is 17.4 Å². The van der Waals surface area contributed by atoms with E-state index in [0.717, 1.165) is 32.4 Å². The molecule has 1 aliphatic heterocycles. The van der Waals surface area contributed by atoms with Crippen LogP contribution in [0.1, 0.15) is 26.2 Å². The van der Waals surface area contributed by atoms with Crippen molar-refractivity contribution in [2.45, 2.75) is 26.2 Å². The van der Waals surface area contributed by atoms with E-state index < -0.39 is 5.91 Å². The molecule has 0 atom stereocenters. The summed E-state index contributed by atoms with van der Waals surface area (Å²) in [5, 5.41) is 17.2. The molecule has 0 bridgehead atoms. The third-order valence-electron chi connectivity index (χ3n) is 2.97. The Balaban J connectivity index is 2.49. The van der Waals surface area contributed by atoms with Crippen LogP contribution in [-0.2, 0) is 9.59 Å². The number of amides is 2. The van der Waals surface area contributed by atoms with Gasteiger partial charge >= 0.3 is 0 Å². The lowest BCUT2D eigenvalue weighted by Crippen LogP contribution is -2.37. The van der Waals surface area contributed by atoms with Crippen LogP contribution in [0.5, 0.6) is 0 Å². The van der Waals surface area contributed by atoms with Crippen LogP contribution in [0.2, 0.25) is 0 Å². The largest absolute Gasteiger partial charge is 0.351 e. The average molecular weight is 264 g/mol. The topological polar surface area (TPSA) is 94.0 Å². The number of nitrogens with zero attached hydrogens (tertiary/aromatic N) is 1. The zero-order chi connectivity index (χ0) is 14.1. The van der Waals surface area contributed by atoms with Crippen molar-refractivity contribution in [2.75, 3.05) is 19.6 Å². The fraction of sp³-hybridized carbons (Fsp3) is 0.615.